The van der Waals surface area contributed by atoms with Gasteiger partial charge in [-0.05, 0) is 31.0 Å². The zero-order chi connectivity index (χ0) is 16.0. The summed E-state index contributed by atoms with van der Waals surface area (Å²) in [4.78, 5) is 12.1. The molecule has 23 heavy (non-hydrogen) atoms. The first-order valence-corrected chi connectivity index (χ1v) is 9.54. The Balaban J connectivity index is 0.00000264. The number of anilines is 1. The largest absolute Gasteiger partial charge is 0.325 e. The number of para-hydroxylation sites is 1. The molecule has 1 amide bonds. The summed E-state index contributed by atoms with van der Waals surface area (Å²) in [5, 5.41) is 5.60. The quantitative estimate of drug-likeness (QED) is 0.783. The molecule has 5 nitrogen and oxygen atoms in total. The number of carbonyl (C=O) groups excluding carboxylic acids is 1. The molecule has 130 valence electrons. The second-order valence-corrected chi connectivity index (χ2v) is 7.98. The van der Waals surface area contributed by atoms with Crippen LogP contribution in [0.25, 0.3) is 0 Å². The highest BCUT2D eigenvalue weighted by molar-refractivity contribution is 7.92. The van der Waals surface area contributed by atoms with E-state index in [9.17, 15) is 13.2 Å². The minimum Gasteiger partial charge on any atom is -0.325 e. The third kappa shape index (κ3) is 5.79. The second-order valence-electron chi connectivity index (χ2n) is 5.70. The molecule has 1 aromatic carbocycles. The Labute approximate surface area is 144 Å². The Bertz CT molecular complexity index is 614. The molecule has 0 heterocycles. The van der Waals surface area contributed by atoms with Crippen LogP contribution in [0.3, 0.4) is 0 Å². The summed E-state index contributed by atoms with van der Waals surface area (Å²) < 4.78 is 24.4. The van der Waals surface area contributed by atoms with Crippen molar-refractivity contribution in [2.24, 2.45) is 0 Å². The van der Waals surface area contributed by atoms with Gasteiger partial charge in [-0.1, -0.05) is 38.0 Å². The van der Waals surface area contributed by atoms with Crippen LogP contribution >= 0.6 is 12.4 Å². The van der Waals surface area contributed by atoms with Gasteiger partial charge in [-0.25, -0.2) is 8.42 Å². The number of rotatable bonds is 7. The zero-order valence-electron chi connectivity index (χ0n) is 13.4. The van der Waals surface area contributed by atoms with Crippen molar-refractivity contribution in [2.45, 2.75) is 44.4 Å². The topological polar surface area (TPSA) is 75.3 Å². The molecule has 1 aliphatic carbocycles. The van der Waals surface area contributed by atoms with Gasteiger partial charge in [-0.2, -0.15) is 0 Å². The van der Waals surface area contributed by atoms with E-state index in [-0.39, 0.29) is 17.7 Å². The predicted molar refractivity (Wildman–Crippen MR) is 95.7 cm³/mol. The van der Waals surface area contributed by atoms with E-state index in [0.29, 0.717) is 25.1 Å². The van der Waals surface area contributed by atoms with Gasteiger partial charge in [0.05, 0.1) is 5.25 Å². The molecule has 0 unspecified atom stereocenters. The molecule has 1 saturated carbocycles. The van der Waals surface area contributed by atoms with Crippen LogP contribution in [0.1, 0.15) is 38.2 Å². The molecule has 0 aliphatic heterocycles. The molecule has 2 rings (SSSR count). The summed E-state index contributed by atoms with van der Waals surface area (Å²) in [6.45, 7) is 3.48. The number of sulfone groups is 1. The monoisotopic (exact) mass is 360 g/mol. The van der Waals surface area contributed by atoms with Crippen molar-refractivity contribution in [1.82, 2.24) is 5.32 Å². The highest BCUT2D eigenvalue weighted by Gasteiger charge is 2.30. The number of benzene rings is 1. The summed E-state index contributed by atoms with van der Waals surface area (Å²) in [7, 11) is -3.34. The van der Waals surface area contributed by atoms with Crippen LogP contribution in [0.15, 0.2) is 24.3 Å². The summed E-state index contributed by atoms with van der Waals surface area (Å²) in [5.74, 6) is -0.872. The van der Waals surface area contributed by atoms with Gasteiger partial charge in [0.2, 0.25) is 5.91 Å². The lowest BCUT2D eigenvalue weighted by Gasteiger charge is -2.13. The Morgan fingerprint density at radius 3 is 2.52 bits per heavy atom. The molecule has 0 aromatic heterocycles. The summed E-state index contributed by atoms with van der Waals surface area (Å²) in [5.41, 5.74) is 1.63. The lowest BCUT2D eigenvalue weighted by atomic mass is 10.1. The van der Waals surface area contributed by atoms with Gasteiger partial charge in [0, 0.05) is 12.2 Å². The highest BCUT2D eigenvalue weighted by Crippen LogP contribution is 2.25. The number of hydrogen-bond donors (Lipinski definition) is 2. The van der Waals surface area contributed by atoms with Gasteiger partial charge in [-0.15, -0.1) is 12.4 Å². The van der Waals surface area contributed by atoms with E-state index in [1.807, 2.05) is 25.1 Å². The number of halogens is 1. The van der Waals surface area contributed by atoms with Crippen molar-refractivity contribution < 1.29 is 13.2 Å². The molecule has 7 heteroatoms. The van der Waals surface area contributed by atoms with Crippen molar-refractivity contribution in [1.29, 1.82) is 0 Å². The predicted octanol–water partition coefficient (Wildman–Crippen LogP) is 2.51. The second kappa shape index (κ2) is 9.25. The Kier molecular flexibility index (Phi) is 8.02. The van der Waals surface area contributed by atoms with E-state index in [2.05, 4.69) is 10.6 Å². The maximum Gasteiger partial charge on any atom is 0.239 e. The van der Waals surface area contributed by atoms with Crippen LogP contribution in [-0.2, 0) is 21.2 Å². The smallest absolute Gasteiger partial charge is 0.239 e. The summed E-state index contributed by atoms with van der Waals surface area (Å²) in [6, 6.07) is 7.45. The van der Waals surface area contributed by atoms with Crippen molar-refractivity contribution >= 4 is 33.8 Å². The molecule has 0 atom stereocenters. The van der Waals surface area contributed by atoms with Gasteiger partial charge < -0.3 is 10.6 Å². The van der Waals surface area contributed by atoms with E-state index in [1.165, 1.54) is 0 Å². The molecule has 0 saturated heterocycles. The van der Waals surface area contributed by atoms with Gasteiger partial charge >= 0.3 is 0 Å². The van der Waals surface area contributed by atoms with Crippen molar-refractivity contribution in [3.05, 3.63) is 29.8 Å². The molecule has 2 N–H and O–H groups in total. The standard InChI is InChI=1S/C16H24N2O3S.ClH/c1-2-17-11-13-7-3-6-10-15(13)18-16(19)12-22(20,21)14-8-4-5-9-14;/h3,6-7,10,14,17H,2,4-5,8-9,11-12H2,1H3,(H,18,19);1H. The summed E-state index contributed by atoms with van der Waals surface area (Å²) in [6.07, 6.45) is 3.26. The molecular formula is C16H25ClN2O3S. The molecule has 0 bridgehead atoms. The van der Waals surface area contributed by atoms with E-state index < -0.39 is 21.5 Å². The van der Waals surface area contributed by atoms with Crippen LogP contribution in [0.5, 0.6) is 0 Å². The zero-order valence-corrected chi connectivity index (χ0v) is 15.0. The Morgan fingerprint density at radius 2 is 1.87 bits per heavy atom. The van der Waals surface area contributed by atoms with Crippen LogP contribution in [-0.4, -0.2) is 31.9 Å². The lowest BCUT2D eigenvalue weighted by molar-refractivity contribution is -0.113. The molecule has 0 radical (unpaired) electrons. The Morgan fingerprint density at radius 1 is 1.22 bits per heavy atom. The summed E-state index contributed by atoms with van der Waals surface area (Å²) >= 11 is 0. The first kappa shape index (κ1) is 19.9. The van der Waals surface area contributed by atoms with E-state index in [4.69, 9.17) is 0 Å². The van der Waals surface area contributed by atoms with E-state index in [0.717, 1.165) is 24.9 Å². The third-order valence-electron chi connectivity index (χ3n) is 4.00. The molecule has 0 spiro atoms. The lowest BCUT2D eigenvalue weighted by Crippen LogP contribution is -2.30. The van der Waals surface area contributed by atoms with Crippen LogP contribution < -0.4 is 10.6 Å². The molecule has 1 aliphatic rings. The maximum atomic E-state index is 12.2. The number of nitrogens with one attached hydrogen (secondary N) is 2. The number of carbonyl (C=O) groups is 1. The normalized spacial score (nSPS) is 15.2. The van der Waals surface area contributed by atoms with E-state index in [1.54, 1.807) is 6.07 Å². The minimum absolute atomic E-state index is 0. The van der Waals surface area contributed by atoms with Crippen molar-refractivity contribution in [3.8, 4) is 0 Å². The van der Waals surface area contributed by atoms with Gasteiger partial charge in [0.25, 0.3) is 0 Å². The number of amides is 1. The first-order valence-electron chi connectivity index (χ1n) is 7.83. The fourth-order valence-electron chi connectivity index (χ4n) is 2.79. The molecule has 1 fully saturated rings. The maximum absolute atomic E-state index is 12.2. The minimum atomic E-state index is -3.34. The van der Waals surface area contributed by atoms with Crippen molar-refractivity contribution in [2.75, 3.05) is 17.6 Å². The van der Waals surface area contributed by atoms with Gasteiger partial charge in [0.1, 0.15) is 5.75 Å². The number of hydrogen-bond acceptors (Lipinski definition) is 4. The fraction of sp³-hybridized carbons (Fsp3) is 0.562. The van der Waals surface area contributed by atoms with Crippen molar-refractivity contribution in [3.63, 3.8) is 0 Å². The first-order chi connectivity index (χ1) is 10.5. The van der Waals surface area contributed by atoms with Crippen LogP contribution in [0, 0.1) is 0 Å². The average Bonchev–Trinajstić information content (AvgIpc) is 3.01. The molecule has 1 aromatic rings. The van der Waals surface area contributed by atoms with E-state index >= 15 is 0 Å². The third-order valence-corrected chi connectivity index (χ3v) is 6.15. The van der Waals surface area contributed by atoms with Gasteiger partial charge in [0.15, 0.2) is 9.84 Å². The fourth-order valence-corrected chi connectivity index (χ4v) is 4.52. The van der Waals surface area contributed by atoms with Crippen LogP contribution in [0.2, 0.25) is 0 Å². The highest BCUT2D eigenvalue weighted by atomic mass is 35.5. The van der Waals surface area contributed by atoms with Crippen LogP contribution in [0.4, 0.5) is 5.69 Å². The Hall–Kier alpha value is -1.11. The SMILES string of the molecule is CCNCc1ccccc1NC(=O)CS(=O)(=O)C1CCCC1.Cl. The molecular weight excluding hydrogens is 336 g/mol. The van der Waals surface area contributed by atoms with Gasteiger partial charge in [-0.3, -0.25) is 4.79 Å². The average molecular weight is 361 g/mol.